The lowest BCUT2D eigenvalue weighted by Gasteiger charge is -2.18. The van der Waals surface area contributed by atoms with Gasteiger partial charge in [0.1, 0.15) is 0 Å². The third-order valence-electron chi connectivity index (χ3n) is 3.11. The van der Waals surface area contributed by atoms with E-state index in [1.165, 1.54) is 0 Å². The molecule has 1 atom stereocenters. The van der Waals surface area contributed by atoms with Crippen molar-refractivity contribution in [1.82, 2.24) is 10.6 Å². The number of amides is 2. The zero-order valence-electron chi connectivity index (χ0n) is 12.0. The summed E-state index contributed by atoms with van der Waals surface area (Å²) in [6.45, 7) is 6.41. The first kappa shape index (κ1) is 18.2. The van der Waals surface area contributed by atoms with Crippen molar-refractivity contribution in [2.45, 2.75) is 46.1 Å². The zero-order chi connectivity index (χ0) is 13.8. The summed E-state index contributed by atoms with van der Waals surface area (Å²) in [6, 6.07) is 0.107. The van der Waals surface area contributed by atoms with Crippen LogP contribution in [0.2, 0.25) is 0 Å². The summed E-state index contributed by atoms with van der Waals surface area (Å²) in [6.07, 6.45) is 2.62. The number of nitrogens with one attached hydrogen (secondary N) is 2. The van der Waals surface area contributed by atoms with E-state index in [1.807, 2.05) is 20.8 Å². The molecular formula is C13H26ClN3O2. The van der Waals surface area contributed by atoms with Gasteiger partial charge in [0.2, 0.25) is 11.8 Å². The van der Waals surface area contributed by atoms with Crippen molar-refractivity contribution in [2.24, 2.45) is 17.1 Å². The average Bonchev–Trinajstić information content (AvgIpc) is 3.08. The summed E-state index contributed by atoms with van der Waals surface area (Å²) >= 11 is 0. The highest BCUT2D eigenvalue weighted by atomic mass is 35.5. The maximum absolute atomic E-state index is 11.7. The lowest BCUT2D eigenvalue weighted by atomic mass is 9.96. The topological polar surface area (TPSA) is 84.2 Å². The van der Waals surface area contributed by atoms with Gasteiger partial charge in [-0.3, -0.25) is 9.59 Å². The molecule has 0 aromatic rings. The van der Waals surface area contributed by atoms with Crippen LogP contribution in [0, 0.1) is 11.3 Å². The molecule has 0 aromatic carbocycles. The van der Waals surface area contributed by atoms with Crippen LogP contribution in [-0.4, -0.2) is 30.9 Å². The van der Waals surface area contributed by atoms with Crippen LogP contribution in [0.3, 0.4) is 0 Å². The number of carbonyl (C=O) groups excluding carboxylic acids is 2. The van der Waals surface area contributed by atoms with E-state index in [9.17, 15) is 9.59 Å². The van der Waals surface area contributed by atoms with E-state index in [0.717, 1.165) is 12.8 Å². The predicted octanol–water partition coefficient (Wildman–Crippen LogP) is 0.814. The third-order valence-corrected chi connectivity index (χ3v) is 3.11. The van der Waals surface area contributed by atoms with E-state index in [1.54, 1.807) is 0 Å². The molecule has 0 heterocycles. The van der Waals surface area contributed by atoms with Crippen molar-refractivity contribution in [3.63, 3.8) is 0 Å². The van der Waals surface area contributed by atoms with Crippen LogP contribution < -0.4 is 16.4 Å². The van der Waals surface area contributed by atoms with Crippen LogP contribution in [0.15, 0.2) is 0 Å². The molecule has 0 radical (unpaired) electrons. The smallest absolute Gasteiger partial charge is 0.225 e. The maximum atomic E-state index is 11.7. The molecule has 112 valence electrons. The Hall–Kier alpha value is -0.810. The predicted molar refractivity (Wildman–Crippen MR) is 78.0 cm³/mol. The van der Waals surface area contributed by atoms with Crippen LogP contribution in [0.5, 0.6) is 0 Å². The van der Waals surface area contributed by atoms with E-state index in [-0.39, 0.29) is 30.3 Å². The van der Waals surface area contributed by atoms with Crippen molar-refractivity contribution in [2.75, 3.05) is 13.1 Å². The SMILES string of the molecule is CC(C)(C)C(=O)NCCC(=O)NC(CN)C1CC1.Cl. The van der Waals surface area contributed by atoms with Crippen molar-refractivity contribution in [3.8, 4) is 0 Å². The molecule has 0 bridgehead atoms. The summed E-state index contributed by atoms with van der Waals surface area (Å²) in [5, 5.41) is 5.68. The van der Waals surface area contributed by atoms with Gasteiger partial charge in [-0.1, -0.05) is 20.8 Å². The second kappa shape index (κ2) is 7.70. The molecule has 6 heteroatoms. The molecule has 1 aliphatic carbocycles. The molecule has 4 N–H and O–H groups in total. The Labute approximate surface area is 121 Å². The number of halogens is 1. The van der Waals surface area contributed by atoms with Gasteiger partial charge in [0, 0.05) is 31.0 Å². The fraction of sp³-hybridized carbons (Fsp3) is 0.846. The third kappa shape index (κ3) is 6.78. The maximum Gasteiger partial charge on any atom is 0.225 e. The standard InChI is InChI=1S/C13H25N3O2.ClH/c1-13(2,3)12(18)15-7-6-11(17)16-10(8-14)9-4-5-9;/h9-10H,4-8,14H2,1-3H3,(H,15,18)(H,16,17);1H. The highest BCUT2D eigenvalue weighted by Crippen LogP contribution is 2.32. The summed E-state index contributed by atoms with van der Waals surface area (Å²) in [4.78, 5) is 23.2. The summed E-state index contributed by atoms with van der Waals surface area (Å²) < 4.78 is 0. The molecule has 1 rings (SSSR count). The van der Waals surface area contributed by atoms with Crippen LogP contribution >= 0.6 is 12.4 Å². The van der Waals surface area contributed by atoms with E-state index >= 15 is 0 Å². The van der Waals surface area contributed by atoms with Crippen LogP contribution in [0.4, 0.5) is 0 Å². The molecule has 2 amide bonds. The molecule has 5 nitrogen and oxygen atoms in total. The molecule has 1 aliphatic rings. The molecule has 1 saturated carbocycles. The fourth-order valence-corrected chi connectivity index (χ4v) is 1.70. The minimum absolute atomic E-state index is 0. The number of carbonyl (C=O) groups is 2. The Balaban J connectivity index is 0.00000324. The lowest BCUT2D eigenvalue weighted by Crippen LogP contribution is -2.43. The monoisotopic (exact) mass is 291 g/mol. The van der Waals surface area contributed by atoms with Crippen molar-refractivity contribution >= 4 is 24.2 Å². The molecule has 0 aromatic heterocycles. The number of hydrogen-bond acceptors (Lipinski definition) is 3. The van der Waals surface area contributed by atoms with Gasteiger partial charge < -0.3 is 16.4 Å². The van der Waals surface area contributed by atoms with Crippen LogP contribution in [0.1, 0.15) is 40.0 Å². The van der Waals surface area contributed by atoms with Crippen LogP contribution in [0.25, 0.3) is 0 Å². The number of nitrogens with two attached hydrogens (primary N) is 1. The van der Waals surface area contributed by atoms with E-state index in [0.29, 0.717) is 25.4 Å². The summed E-state index contributed by atoms with van der Waals surface area (Å²) in [5.41, 5.74) is 5.20. The van der Waals surface area contributed by atoms with Crippen LogP contribution in [-0.2, 0) is 9.59 Å². The van der Waals surface area contributed by atoms with E-state index in [4.69, 9.17) is 5.73 Å². The molecule has 0 spiro atoms. The molecule has 0 aliphatic heterocycles. The zero-order valence-corrected chi connectivity index (χ0v) is 12.8. The molecule has 19 heavy (non-hydrogen) atoms. The van der Waals surface area contributed by atoms with Crippen molar-refractivity contribution < 1.29 is 9.59 Å². The van der Waals surface area contributed by atoms with E-state index < -0.39 is 5.41 Å². The highest BCUT2D eigenvalue weighted by molar-refractivity contribution is 5.85. The Bertz CT molecular complexity index is 312. The van der Waals surface area contributed by atoms with E-state index in [2.05, 4.69) is 10.6 Å². The minimum Gasteiger partial charge on any atom is -0.355 e. The lowest BCUT2D eigenvalue weighted by molar-refractivity contribution is -0.128. The average molecular weight is 292 g/mol. The van der Waals surface area contributed by atoms with Gasteiger partial charge in [-0.05, 0) is 18.8 Å². The molecule has 0 saturated heterocycles. The largest absolute Gasteiger partial charge is 0.355 e. The first-order valence-corrected chi connectivity index (χ1v) is 6.62. The van der Waals surface area contributed by atoms with Gasteiger partial charge in [-0.15, -0.1) is 12.4 Å². The number of rotatable bonds is 6. The van der Waals surface area contributed by atoms with Gasteiger partial charge in [-0.25, -0.2) is 0 Å². The first-order valence-electron chi connectivity index (χ1n) is 6.62. The summed E-state index contributed by atoms with van der Waals surface area (Å²) in [5.74, 6) is 0.488. The second-order valence-corrected chi connectivity index (χ2v) is 6.00. The Morgan fingerprint density at radius 3 is 2.32 bits per heavy atom. The Morgan fingerprint density at radius 1 is 1.32 bits per heavy atom. The van der Waals surface area contributed by atoms with Gasteiger partial charge >= 0.3 is 0 Å². The Kier molecular flexibility index (Phi) is 7.37. The Morgan fingerprint density at radius 2 is 1.89 bits per heavy atom. The second-order valence-electron chi connectivity index (χ2n) is 6.00. The van der Waals surface area contributed by atoms with Crippen molar-refractivity contribution in [3.05, 3.63) is 0 Å². The van der Waals surface area contributed by atoms with Crippen molar-refractivity contribution in [1.29, 1.82) is 0 Å². The molecular weight excluding hydrogens is 266 g/mol. The van der Waals surface area contributed by atoms with Gasteiger partial charge in [0.25, 0.3) is 0 Å². The highest BCUT2D eigenvalue weighted by Gasteiger charge is 2.31. The van der Waals surface area contributed by atoms with Gasteiger partial charge in [0.05, 0.1) is 0 Å². The molecule has 1 fully saturated rings. The van der Waals surface area contributed by atoms with Gasteiger partial charge in [0.15, 0.2) is 0 Å². The molecule has 1 unspecified atom stereocenters. The quantitative estimate of drug-likeness (QED) is 0.677. The normalized spacial score (nSPS) is 16.2. The van der Waals surface area contributed by atoms with Gasteiger partial charge in [-0.2, -0.15) is 0 Å². The first-order chi connectivity index (χ1) is 8.34. The fourth-order valence-electron chi connectivity index (χ4n) is 1.70. The number of hydrogen-bond donors (Lipinski definition) is 3. The minimum atomic E-state index is -0.412. The summed E-state index contributed by atoms with van der Waals surface area (Å²) in [7, 11) is 0.